The van der Waals surface area contributed by atoms with E-state index in [2.05, 4.69) is 32.9 Å². The molecular formula is C10H15Li. The molecule has 56 valence electrons. The maximum absolute atomic E-state index is 3.50. The summed E-state index contributed by atoms with van der Waals surface area (Å²) in [7, 11) is 0. The fraction of sp³-hybridized carbons (Fsp3) is 0.800. The van der Waals surface area contributed by atoms with Crippen molar-refractivity contribution in [2.45, 2.75) is 33.6 Å². The van der Waals surface area contributed by atoms with Crippen LogP contribution in [0.1, 0.15) is 33.6 Å². The van der Waals surface area contributed by atoms with Gasteiger partial charge in [0.05, 0.1) is 0 Å². The molecule has 2 bridgehead atoms. The summed E-state index contributed by atoms with van der Waals surface area (Å²) in [5.41, 5.74) is 0.894. The van der Waals surface area contributed by atoms with Gasteiger partial charge in [0, 0.05) is 0 Å². The SMILES string of the molecule is CC1(C)[C@H]2C=[C-][C@]1(C)CC2.[Li+]. The summed E-state index contributed by atoms with van der Waals surface area (Å²) < 4.78 is 0. The summed E-state index contributed by atoms with van der Waals surface area (Å²) in [5, 5.41) is 0. The molecule has 1 saturated carbocycles. The first-order chi connectivity index (χ1) is 4.56. The summed E-state index contributed by atoms with van der Waals surface area (Å²) in [6, 6.07) is 0. The average molecular weight is 142 g/mol. The van der Waals surface area contributed by atoms with Crippen LogP contribution in [-0.4, -0.2) is 0 Å². The molecule has 0 saturated heterocycles. The third kappa shape index (κ3) is 0.962. The van der Waals surface area contributed by atoms with Crippen LogP contribution in [0.5, 0.6) is 0 Å². The van der Waals surface area contributed by atoms with E-state index < -0.39 is 0 Å². The third-order valence-electron chi connectivity index (χ3n) is 3.91. The van der Waals surface area contributed by atoms with Crippen molar-refractivity contribution in [1.82, 2.24) is 0 Å². The standard InChI is InChI=1S/C10H15.Li/c1-9(2)8-4-6-10(9,3)7-5-8;/h4,8H,5,7H2,1-3H3;/q-1;+1/t8-,10+;/m0./s1. The first-order valence-electron chi connectivity index (χ1n) is 4.17. The molecule has 0 aromatic rings. The minimum absolute atomic E-state index is 0. The fourth-order valence-electron chi connectivity index (χ4n) is 2.37. The Balaban J connectivity index is 0.000000605. The van der Waals surface area contributed by atoms with E-state index >= 15 is 0 Å². The Bertz CT molecular complexity index is 193. The smallest absolute Gasteiger partial charge is 0.494 e. The first-order valence-corrected chi connectivity index (χ1v) is 4.17. The largest absolute Gasteiger partial charge is 1.00 e. The van der Waals surface area contributed by atoms with Crippen molar-refractivity contribution < 1.29 is 18.9 Å². The zero-order valence-electron chi connectivity index (χ0n) is 8.07. The van der Waals surface area contributed by atoms with E-state index in [4.69, 9.17) is 0 Å². The second-order valence-corrected chi connectivity index (χ2v) is 4.51. The van der Waals surface area contributed by atoms with Crippen LogP contribution in [0.25, 0.3) is 0 Å². The maximum atomic E-state index is 3.50. The maximum Gasteiger partial charge on any atom is 1.00 e. The fourth-order valence-corrected chi connectivity index (χ4v) is 2.37. The van der Waals surface area contributed by atoms with E-state index in [1.807, 2.05) is 0 Å². The molecular weight excluding hydrogens is 127 g/mol. The summed E-state index contributed by atoms with van der Waals surface area (Å²) in [4.78, 5) is 0. The van der Waals surface area contributed by atoms with Gasteiger partial charge in [-0.3, -0.25) is 6.08 Å². The second-order valence-electron chi connectivity index (χ2n) is 4.51. The van der Waals surface area contributed by atoms with Gasteiger partial charge in [0.2, 0.25) is 0 Å². The Morgan fingerprint density at radius 3 is 2.09 bits per heavy atom. The zero-order chi connectivity index (χ0) is 7.41. The molecule has 2 aliphatic carbocycles. The van der Waals surface area contributed by atoms with Gasteiger partial charge in [-0.15, -0.1) is 0 Å². The van der Waals surface area contributed by atoms with E-state index in [9.17, 15) is 0 Å². The molecule has 0 spiro atoms. The minimum Gasteiger partial charge on any atom is -0.494 e. The Labute approximate surface area is 81.6 Å². The van der Waals surface area contributed by atoms with Gasteiger partial charge in [-0.1, -0.05) is 44.9 Å². The Kier molecular flexibility index (Phi) is 2.07. The topological polar surface area (TPSA) is 0 Å². The molecule has 1 fully saturated rings. The van der Waals surface area contributed by atoms with Crippen molar-refractivity contribution in [1.29, 1.82) is 0 Å². The van der Waals surface area contributed by atoms with Crippen LogP contribution in [0, 0.1) is 22.8 Å². The van der Waals surface area contributed by atoms with E-state index in [1.54, 1.807) is 0 Å². The molecule has 0 radical (unpaired) electrons. The number of fused-ring (bicyclic) bond motifs is 2. The molecule has 0 N–H and O–H groups in total. The van der Waals surface area contributed by atoms with Gasteiger partial charge in [0.1, 0.15) is 0 Å². The number of hydrogen-bond donors (Lipinski definition) is 0. The molecule has 2 rings (SSSR count). The molecule has 2 aliphatic rings. The molecule has 0 nitrogen and oxygen atoms in total. The average Bonchev–Trinajstić information content (AvgIpc) is 2.18. The Hall–Kier alpha value is 0.337. The van der Waals surface area contributed by atoms with Gasteiger partial charge >= 0.3 is 18.9 Å². The Morgan fingerprint density at radius 1 is 1.36 bits per heavy atom. The summed E-state index contributed by atoms with van der Waals surface area (Å²) in [6.07, 6.45) is 8.53. The molecule has 0 aromatic carbocycles. The van der Waals surface area contributed by atoms with Crippen molar-refractivity contribution in [3.05, 3.63) is 12.2 Å². The van der Waals surface area contributed by atoms with Crippen LogP contribution in [0.15, 0.2) is 6.08 Å². The zero-order valence-corrected chi connectivity index (χ0v) is 8.07. The van der Waals surface area contributed by atoms with Gasteiger partial charge in [0.25, 0.3) is 0 Å². The summed E-state index contributed by atoms with van der Waals surface area (Å²) in [5.74, 6) is 0.817. The normalized spacial score (nSPS) is 44.1. The van der Waals surface area contributed by atoms with Crippen molar-refractivity contribution in [2.75, 3.05) is 0 Å². The van der Waals surface area contributed by atoms with Gasteiger partial charge in [-0.25, -0.2) is 0 Å². The quantitative estimate of drug-likeness (QED) is 0.325. The third-order valence-corrected chi connectivity index (χ3v) is 3.91. The van der Waals surface area contributed by atoms with Crippen LogP contribution in [0.4, 0.5) is 0 Å². The minimum atomic E-state index is 0. The molecule has 1 heteroatoms. The van der Waals surface area contributed by atoms with Crippen LogP contribution in [-0.2, 0) is 0 Å². The van der Waals surface area contributed by atoms with E-state index in [-0.39, 0.29) is 18.9 Å². The predicted molar refractivity (Wildman–Crippen MR) is 42.4 cm³/mol. The summed E-state index contributed by atoms with van der Waals surface area (Å²) in [6.45, 7) is 7.10. The summed E-state index contributed by atoms with van der Waals surface area (Å²) >= 11 is 0. The molecule has 0 unspecified atom stereocenters. The van der Waals surface area contributed by atoms with Gasteiger partial charge in [-0.2, -0.15) is 5.41 Å². The van der Waals surface area contributed by atoms with Crippen LogP contribution in [0.3, 0.4) is 0 Å². The molecule has 2 atom stereocenters. The molecule has 0 aliphatic heterocycles. The molecule has 0 aromatic heterocycles. The van der Waals surface area contributed by atoms with Crippen molar-refractivity contribution in [3.63, 3.8) is 0 Å². The van der Waals surface area contributed by atoms with Crippen molar-refractivity contribution >= 4 is 0 Å². The Morgan fingerprint density at radius 2 is 2.00 bits per heavy atom. The predicted octanol–water partition coefficient (Wildman–Crippen LogP) is -0.194. The van der Waals surface area contributed by atoms with Crippen LogP contribution >= 0.6 is 0 Å². The molecule has 11 heavy (non-hydrogen) atoms. The molecule has 0 heterocycles. The first kappa shape index (κ1) is 9.43. The van der Waals surface area contributed by atoms with Gasteiger partial charge < -0.3 is 6.08 Å². The number of hydrogen-bond acceptors (Lipinski definition) is 0. The van der Waals surface area contributed by atoms with Crippen molar-refractivity contribution in [3.8, 4) is 0 Å². The van der Waals surface area contributed by atoms with E-state index in [0.717, 1.165) is 5.92 Å². The van der Waals surface area contributed by atoms with Gasteiger partial charge in [0.15, 0.2) is 0 Å². The van der Waals surface area contributed by atoms with Crippen LogP contribution < -0.4 is 18.9 Å². The van der Waals surface area contributed by atoms with Gasteiger partial charge in [-0.05, 0) is 0 Å². The van der Waals surface area contributed by atoms with Crippen LogP contribution in [0.2, 0.25) is 0 Å². The second kappa shape index (κ2) is 2.41. The molecule has 0 amide bonds. The van der Waals surface area contributed by atoms with E-state index in [1.165, 1.54) is 12.8 Å². The monoisotopic (exact) mass is 142 g/mol. The number of allylic oxidation sites excluding steroid dienone is 2. The van der Waals surface area contributed by atoms with Crippen molar-refractivity contribution in [2.24, 2.45) is 16.7 Å². The number of rotatable bonds is 0. The van der Waals surface area contributed by atoms with E-state index in [0.29, 0.717) is 10.8 Å².